The second kappa shape index (κ2) is 10.1. The molecule has 0 saturated carbocycles. The van der Waals surface area contributed by atoms with Crippen LogP contribution in [0.2, 0.25) is 0 Å². The molecule has 0 spiro atoms. The third kappa shape index (κ3) is 6.39. The Labute approximate surface area is 161 Å². The average molecular weight is 388 g/mol. The molecule has 0 heterocycles. The Bertz CT molecular complexity index is 839. The standard InChI is InChI=1S/C20H21FN2O5/c1-3-22-20(26)23-18(24)13(2)28-19(25)15-5-4-6-17(11-15)27-12-14-7-9-16(21)10-8-14/h4-11,13H,3,12H2,1-2H3,(H2,22,23,24,26). The Kier molecular flexibility index (Phi) is 7.50. The number of amides is 3. The summed E-state index contributed by atoms with van der Waals surface area (Å²) in [6.07, 6.45) is -1.15. The van der Waals surface area contributed by atoms with E-state index in [0.29, 0.717) is 12.3 Å². The van der Waals surface area contributed by atoms with Gasteiger partial charge in [-0.05, 0) is 49.7 Å². The predicted molar refractivity (Wildman–Crippen MR) is 99.3 cm³/mol. The van der Waals surface area contributed by atoms with Gasteiger partial charge < -0.3 is 14.8 Å². The van der Waals surface area contributed by atoms with Crippen molar-refractivity contribution in [3.8, 4) is 5.75 Å². The second-order valence-corrected chi connectivity index (χ2v) is 5.84. The van der Waals surface area contributed by atoms with Gasteiger partial charge in [0.15, 0.2) is 6.10 Å². The molecule has 8 heteroatoms. The van der Waals surface area contributed by atoms with Crippen molar-refractivity contribution in [2.45, 2.75) is 26.6 Å². The predicted octanol–water partition coefficient (Wildman–Crippen LogP) is 2.80. The molecule has 28 heavy (non-hydrogen) atoms. The van der Waals surface area contributed by atoms with Crippen LogP contribution in [-0.2, 0) is 16.1 Å². The van der Waals surface area contributed by atoms with Gasteiger partial charge in [0, 0.05) is 6.54 Å². The van der Waals surface area contributed by atoms with Gasteiger partial charge in [0.2, 0.25) is 0 Å². The number of hydrogen-bond acceptors (Lipinski definition) is 5. The molecular weight excluding hydrogens is 367 g/mol. The number of imide groups is 1. The van der Waals surface area contributed by atoms with Crippen LogP contribution in [0.15, 0.2) is 48.5 Å². The number of ether oxygens (including phenoxy) is 2. The largest absolute Gasteiger partial charge is 0.489 e. The minimum Gasteiger partial charge on any atom is -0.489 e. The number of carbonyl (C=O) groups excluding carboxylic acids is 3. The van der Waals surface area contributed by atoms with Crippen molar-refractivity contribution in [1.29, 1.82) is 0 Å². The number of hydrogen-bond donors (Lipinski definition) is 2. The van der Waals surface area contributed by atoms with E-state index in [0.717, 1.165) is 5.56 Å². The number of nitrogens with one attached hydrogen (secondary N) is 2. The molecule has 2 rings (SSSR count). The average Bonchev–Trinajstić information content (AvgIpc) is 2.67. The molecule has 2 N–H and O–H groups in total. The van der Waals surface area contributed by atoms with Gasteiger partial charge in [-0.15, -0.1) is 0 Å². The van der Waals surface area contributed by atoms with Crippen LogP contribution in [0.3, 0.4) is 0 Å². The van der Waals surface area contributed by atoms with Crippen molar-refractivity contribution < 1.29 is 28.2 Å². The SMILES string of the molecule is CCNC(=O)NC(=O)C(C)OC(=O)c1cccc(OCc2ccc(F)cc2)c1. The molecule has 7 nitrogen and oxygen atoms in total. The summed E-state index contributed by atoms with van der Waals surface area (Å²) in [5, 5.41) is 4.48. The van der Waals surface area contributed by atoms with Crippen LogP contribution in [0.1, 0.15) is 29.8 Å². The van der Waals surface area contributed by atoms with E-state index < -0.39 is 24.0 Å². The summed E-state index contributed by atoms with van der Waals surface area (Å²) in [4.78, 5) is 35.4. The fourth-order valence-corrected chi connectivity index (χ4v) is 2.16. The van der Waals surface area contributed by atoms with Gasteiger partial charge in [0.05, 0.1) is 5.56 Å². The van der Waals surface area contributed by atoms with Crippen LogP contribution in [0, 0.1) is 5.82 Å². The maximum absolute atomic E-state index is 12.9. The van der Waals surface area contributed by atoms with Gasteiger partial charge in [-0.2, -0.15) is 0 Å². The number of esters is 1. The Morgan fingerprint density at radius 3 is 2.50 bits per heavy atom. The first-order chi connectivity index (χ1) is 13.4. The molecule has 0 aliphatic heterocycles. The minimum absolute atomic E-state index is 0.189. The highest BCUT2D eigenvalue weighted by molar-refractivity contribution is 5.98. The van der Waals surface area contributed by atoms with E-state index in [4.69, 9.17) is 9.47 Å². The number of urea groups is 1. The molecule has 0 aliphatic carbocycles. The number of halogens is 1. The van der Waals surface area contributed by atoms with E-state index in [9.17, 15) is 18.8 Å². The molecule has 3 amide bonds. The smallest absolute Gasteiger partial charge is 0.339 e. The molecule has 0 bridgehead atoms. The highest BCUT2D eigenvalue weighted by Gasteiger charge is 2.20. The van der Waals surface area contributed by atoms with Crippen LogP contribution in [0.5, 0.6) is 5.75 Å². The Balaban J connectivity index is 1.92. The zero-order valence-electron chi connectivity index (χ0n) is 15.5. The topological polar surface area (TPSA) is 93.7 Å². The Hall–Kier alpha value is -3.42. The van der Waals surface area contributed by atoms with E-state index in [2.05, 4.69) is 10.6 Å². The highest BCUT2D eigenvalue weighted by atomic mass is 19.1. The lowest BCUT2D eigenvalue weighted by molar-refractivity contribution is -0.127. The van der Waals surface area contributed by atoms with Crippen LogP contribution in [0.25, 0.3) is 0 Å². The third-order valence-electron chi connectivity index (χ3n) is 3.62. The maximum Gasteiger partial charge on any atom is 0.339 e. The van der Waals surface area contributed by atoms with Gasteiger partial charge in [-0.25, -0.2) is 14.0 Å². The molecule has 0 aliphatic rings. The van der Waals surface area contributed by atoms with Crippen molar-refractivity contribution in [3.63, 3.8) is 0 Å². The molecule has 2 aromatic rings. The first-order valence-electron chi connectivity index (χ1n) is 8.66. The summed E-state index contributed by atoms with van der Waals surface area (Å²) >= 11 is 0. The quantitative estimate of drug-likeness (QED) is 0.712. The van der Waals surface area contributed by atoms with Gasteiger partial charge in [0.25, 0.3) is 5.91 Å². The monoisotopic (exact) mass is 388 g/mol. The second-order valence-electron chi connectivity index (χ2n) is 5.84. The van der Waals surface area contributed by atoms with E-state index >= 15 is 0 Å². The first kappa shape index (κ1) is 20.9. The van der Waals surface area contributed by atoms with E-state index in [1.165, 1.54) is 31.2 Å². The number of carbonyl (C=O) groups is 3. The van der Waals surface area contributed by atoms with Gasteiger partial charge >= 0.3 is 12.0 Å². The molecule has 148 valence electrons. The summed E-state index contributed by atoms with van der Waals surface area (Å²) in [6, 6.07) is 11.5. The first-order valence-corrected chi connectivity index (χ1v) is 8.66. The summed E-state index contributed by atoms with van der Waals surface area (Å²) in [5.74, 6) is -1.38. The molecule has 2 aromatic carbocycles. The maximum atomic E-state index is 12.9. The lowest BCUT2D eigenvalue weighted by atomic mass is 10.2. The molecule has 0 saturated heterocycles. The van der Waals surface area contributed by atoms with E-state index in [1.54, 1.807) is 31.2 Å². The van der Waals surface area contributed by atoms with E-state index in [1.807, 2.05) is 0 Å². The highest BCUT2D eigenvalue weighted by Crippen LogP contribution is 2.17. The third-order valence-corrected chi connectivity index (χ3v) is 3.62. The minimum atomic E-state index is -1.15. The van der Waals surface area contributed by atoms with Gasteiger partial charge in [-0.3, -0.25) is 10.1 Å². The Morgan fingerprint density at radius 1 is 1.11 bits per heavy atom. The van der Waals surface area contributed by atoms with Crippen molar-refractivity contribution in [2.24, 2.45) is 0 Å². The molecule has 0 radical (unpaired) electrons. The summed E-state index contributed by atoms with van der Waals surface area (Å²) in [6.45, 7) is 3.63. The molecule has 0 fully saturated rings. The van der Waals surface area contributed by atoms with Crippen molar-refractivity contribution in [2.75, 3.05) is 6.54 Å². The fourth-order valence-electron chi connectivity index (χ4n) is 2.16. The lowest BCUT2D eigenvalue weighted by Gasteiger charge is -2.13. The van der Waals surface area contributed by atoms with Gasteiger partial charge in [-0.1, -0.05) is 18.2 Å². The van der Waals surface area contributed by atoms with Crippen LogP contribution < -0.4 is 15.4 Å². The molecule has 1 atom stereocenters. The van der Waals surface area contributed by atoms with Crippen LogP contribution in [-0.4, -0.2) is 30.6 Å². The van der Waals surface area contributed by atoms with Crippen molar-refractivity contribution >= 4 is 17.9 Å². The summed E-state index contributed by atoms with van der Waals surface area (Å²) in [7, 11) is 0. The molecule has 0 aromatic heterocycles. The Morgan fingerprint density at radius 2 is 1.82 bits per heavy atom. The number of rotatable bonds is 7. The zero-order valence-corrected chi connectivity index (χ0v) is 15.5. The molecular formula is C20H21FN2O5. The van der Waals surface area contributed by atoms with Crippen molar-refractivity contribution in [1.82, 2.24) is 10.6 Å². The van der Waals surface area contributed by atoms with E-state index in [-0.39, 0.29) is 18.0 Å². The number of benzene rings is 2. The summed E-state index contributed by atoms with van der Waals surface area (Å²) < 4.78 is 23.6. The lowest BCUT2D eigenvalue weighted by Crippen LogP contribution is -2.44. The zero-order chi connectivity index (χ0) is 20.5. The normalized spacial score (nSPS) is 11.2. The fraction of sp³-hybridized carbons (Fsp3) is 0.250. The van der Waals surface area contributed by atoms with Crippen molar-refractivity contribution in [3.05, 3.63) is 65.5 Å². The van der Waals surface area contributed by atoms with Gasteiger partial charge in [0.1, 0.15) is 18.2 Å². The summed E-state index contributed by atoms with van der Waals surface area (Å²) in [5.41, 5.74) is 0.958. The van der Waals surface area contributed by atoms with Crippen LogP contribution >= 0.6 is 0 Å². The van der Waals surface area contributed by atoms with Crippen LogP contribution in [0.4, 0.5) is 9.18 Å². The molecule has 1 unspecified atom stereocenters.